The van der Waals surface area contributed by atoms with E-state index in [0.29, 0.717) is 29.9 Å². The summed E-state index contributed by atoms with van der Waals surface area (Å²) < 4.78 is 30.2. The maximum absolute atomic E-state index is 13.0. The second-order valence-electron chi connectivity index (χ2n) is 7.65. The van der Waals surface area contributed by atoms with Crippen molar-refractivity contribution >= 4 is 37.5 Å². The molecule has 1 N–H and O–H groups in total. The first kappa shape index (κ1) is 19.4. The highest BCUT2D eigenvalue weighted by Crippen LogP contribution is 2.46. The molecule has 1 aromatic carbocycles. The Hall–Kier alpha value is -1.34. The molecule has 1 fully saturated rings. The minimum atomic E-state index is -3.76. The van der Waals surface area contributed by atoms with Gasteiger partial charge in [-0.3, -0.25) is 4.79 Å². The molecule has 5 nitrogen and oxygen atoms in total. The average Bonchev–Trinajstić information content (AvgIpc) is 2.73. The van der Waals surface area contributed by atoms with Crippen molar-refractivity contribution in [3.05, 3.63) is 39.1 Å². The molecule has 0 radical (unpaired) electrons. The van der Waals surface area contributed by atoms with E-state index in [2.05, 4.69) is 28.2 Å². The first-order valence-electron chi connectivity index (χ1n) is 8.76. The van der Waals surface area contributed by atoms with Crippen LogP contribution in [0.2, 0.25) is 0 Å². The number of carbonyl (C=O) groups is 1. The lowest BCUT2D eigenvalue weighted by Crippen LogP contribution is -2.47. The molecule has 2 aliphatic rings. The second kappa shape index (κ2) is 6.68. The lowest BCUT2D eigenvalue weighted by Gasteiger charge is -2.37. The Labute approximate surface area is 163 Å². The molecule has 1 spiro atoms. The van der Waals surface area contributed by atoms with Gasteiger partial charge in [-0.25, -0.2) is 0 Å². The SMILES string of the molecule is Cc1cc(C)c(C2=C(OS(C)(=O)=O)C3(CCC(C)CC3)NC2=O)c(Br)c1. The van der Waals surface area contributed by atoms with Gasteiger partial charge in [0.15, 0.2) is 5.76 Å². The number of amides is 1. The molecule has 1 amide bonds. The highest BCUT2D eigenvalue weighted by molar-refractivity contribution is 9.10. The molecule has 0 saturated heterocycles. The fourth-order valence-electron chi connectivity index (χ4n) is 4.02. The maximum Gasteiger partial charge on any atom is 0.306 e. The van der Waals surface area contributed by atoms with Crippen molar-refractivity contribution in [3.8, 4) is 0 Å². The van der Waals surface area contributed by atoms with Crippen molar-refractivity contribution in [2.24, 2.45) is 5.92 Å². The molecule has 0 unspecified atom stereocenters. The summed E-state index contributed by atoms with van der Waals surface area (Å²) in [5.74, 6) is 0.532. The summed E-state index contributed by atoms with van der Waals surface area (Å²) in [6, 6.07) is 3.90. The maximum atomic E-state index is 13.0. The molecule has 0 bridgehead atoms. The monoisotopic (exact) mass is 441 g/mol. The van der Waals surface area contributed by atoms with Crippen molar-refractivity contribution in [3.63, 3.8) is 0 Å². The van der Waals surface area contributed by atoms with Gasteiger partial charge in [0.25, 0.3) is 5.91 Å². The van der Waals surface area contributed by atoms with Crippen LogP contribution in [0.3, 0.4) is 0 Å². The third-order valence-corrected chi connectivity index (χ3v) is 6.38. The molecular formula is C19H24BrNO4S. The number of aryl methyl sites for hydroxylation is 2. The second-order valence-corrected chi connectivity index (χ2v) is 10.1. The summed E-state index contributed by atoms with van der Waals surface area (Å²) in [5.41, 5.74) is 2.25. The zero-order chi connectivity index (χ0) is 19.3. The van der Waals surface area contributed by atoms with Gasteiger partial charge in [0, 0.05) is 10.0 Å². The van der Waals surface area contributed by atoms with Crippen LogP contribution in [0.1, 0.15) is 49.3 Å². The van der Waals surface area contributed by atoms with E-state index in [-0.39, 0.29) is 11.7 Å². The Morgan fingerprint density at radius 1 is 1.23 bits per heavy atom. The minimum absolute atomic E-state index is 0.254. The number of halogens is 1. The summed E-state index contributed by atoms with van der Waals surface area (Å²) in [7, 11) is -3.76. The highest BCUT2D eigenvalue weighted by Gasteiger charge is 2.50. The molecule has 1 saturated carbocycles. The molecule has 3 rings (SSSR count). The Kier molecular flexibility index (Phi) is 4.99. The van der Waals surface area contributed by atoms with Gasteiger partial charge in [0.1, 0.15) is 5.54 Å². The zero-order valence-corrected chi connectivity index (χ0v) is 17.9. The quantitative estimate of drug-likeness (QED) is 0.723. The van der Waals surface area contributed by atoms with Crippen LogP contribution in [0.15, 0.2) is 22.4 Å². The Bertz CT molecular complexity index is 873. The fraction of sp³-hybridized carbons (Fsp3) is 0.526. The van der Waals surface area contributed by atoms with Gasteiger partial charge in [-0.05, 0) is 62.6 Å². The third kappa shape index (κ3) is 3.56. The van der Waals surface area contributed by atoms with Crippen molar-refractivity contribution in [2.45, 2.75) is 52.0 Å². The van der Waals surface area contributed by atoms with E-state index in [9.17, 15) is 13.2 Å². The number of nitrogens with one attached hydrogen (secondary N) is 1. The van der Waals surface area contributed by atoms with Gasteiger partial charge in [-0.15, -0.1) is 0 Å². The Balaban J connectivity index is 2.23. The van der Waals surface area contributed by atoms with Gasteiger partial charge in [0.2, 0.25) is 0 Å². The Morgan fingerprint density at radius 2 is 1.85 bits per heavy atom. The average molecular weight is 442 g/mol. The van der Waals surface area contributed by atoms with Gasteiger partial charge in [-0.2, -0.15) is 8.42 Å². The third-order valence-electron chi connectivity index (χ3n) is 5.29. The molecule has 1 aliphatic carbocycles. The van der Waals surface area contributed by atoms with E-state index >= 15 is 0 Å². The first-order valence-corrected chi connectivity index (χ1v) is 11.4. The molecule has 142 valence electrons. The summed E-state index contributed by atoms with van der Waals surface area (Å²) in [6.07, 6.45) is 4.21. The van der Waals surface area contributed by atoms with Crippen LogP contribution in [0.5, 0.6) is 0 Å². The Morgan fingerprint density at radius 3 is 2.38 bits per heavy atom. The lowest BCUT2D eigenvalue weighted by molar-refractivity contribution is -0.116. The van der Waals surface area contributed by atoms with Crippen LogP contribution < -0.4 is 5.32 Å². The van der Waals surface area contributed by atoms with Crippen LogP contribution >= 0.6 is 15.9 Å². The van der Waals surface area contributed by atoms with Gasteiger partial charge in [0.05, 0.1) is 11.8 Å². The van der Waals surface area contributed by atoms with E-state index in [0.717, 1.165) is 34.7 Å². The molecule has 26 heavy (non-hydrogen) atoms. The summed E-state index contributed by atoms with van der Waals surface area (Å²) in [6.45, 7) is 6.06. The molecular weight excluding hydrogens is 418 g/mol. The predicted octanol–water partition coefficient (Wildman–Crippen LogP) is 3.83. The largest absolute Gasteiger partial charge is 0.384 e. The van der Waals surface area contributed by atoms with E-state index < -0.39 is 15.7 Å². The first-order chi connectivity index (χ1) is 12.0. The standard InChI is InChI=1S/C19H24BrNO4S/c1-11-5-7-19(8-6-11)17(25-26(4,23)24)16(18(22)21-19)15-13(3)9-12(2)10-14(15)20/h9-11H,5-8H2,1-4H3,(H,21,22). The fourth-order valence-corrected chi connectivity index (χ4v) is 5.44. The van der Waals surface area contributed by atoms with Crippen LogP contribution in [0, 0.1) is 19.8 Å². The van der Waals surface area contributed by atoms with E-state index in [4.69, 9.17) is 4.18 Å². The minimum Gasteiger partial charge on any atom is -0.384 e. The number of hydrogen-bond donors (Lipinski definition) is 1. The summed E-state index contributed by atoms with van der Waals surface area (Å²) >= 11 is 3.55. The van der Waals surface area contributed by atoms with Gasteiger partial charge in [-0.1, -0.05) is 28.9 Å². The van der Waals surface area contributed by atoms with Crippen molar-refractivity contribution < 1.29 is 17.4 Å². The van der Waals surface area contributed by atoms with E-state index in [1.54, 1.807) is 0 Å². The smallest absolute Gasteiger partial charge is 0.306 e. The van der Waals surface area contributed by atoms with Crippen LogP contribution in [-0.2, 0) is 19.1 Å². The topological polar surface area (TPSA) is 72.5 Å². The predicted molar refractivity (Wildman–Crippen MR) is 105 cm³/mol. The van der Waals surface area contributed by atoms with Gasteiger partial charge < -0.3 is 9.50 Å². The lowest BCUT2D eigenvalue weighted by atomic mass is 9.76. The zero-order valence-electron chi connectivity index (χ0n) is 15.5. The molecule has 1 heterocycles. The number of hydrogen-bond acceptors (Lipinski definition) is 4. The van der Waals surface area contributed by atoms with Crippen LogP contribution in [0.25, 0.3) is 5.57 Å². The molecule has 1 aromatic rings. The number of benzene rings is 1. The summed E-state index contributed by atoms with van der Waals surface area (Å²) in [4.78, 5) is 13.0. The normalized spacial score (nSPS) is 26.3. The van der Waals surface area contributed by atoms with Crippen molar-refractivity contribution in [1.29, 1.82) is 0 Å². The van der Waals surface area contributed by atoms with E-state index in [1.807, 2.05) is 26.0 Å². The molecule has 1 aliphatic heterocycles. The van der Waals surface area contributed by atoms with Crippen molar-refractivity contribution in [2.75, 3.05) is 6.26 Å². The van der Waals surface area contributed by atoms with E-state index in [1.165, 1.54) is 0 Å². The summed E-state index contributed by atoms with van der Waals surface area (Å²) in [5, 5.41) is 3.06. The van der Waals surface area contributed by atoms with Crippen molar-refractivity contribution in [1.82, 2.24) is 5.32 Å². The molecule has 7 heteroatoms. The van der Waals surface area contributed by atoms with Crippen LogP contribution in [0.4, 0.5) is 0 Å². The number of rotatable bonds is 3. The number of carbonyl (C=O) groups excluding carboxylic acids is 1. The molecule has 0 atom stereocenters. The molecule has 0 aromatic heterocycles. The van der Waals surface area contributed by atoms with Crippen LogP contribution in [-0.4, -0.2) is 26.1 Å². The highest BCUT2D eigenvalue weighted by atomic mass is 79.9. The van der Waals surface area contributed by atoms with Gasteiger partial charge >= 0.3 is 10.1 Å².